The smallest absolute Gasteiger partial charge is 0.410 e. The molecule has 1 amide bonds. The molecule has 0 aliphatic carbocycles. The van der Waals surface area contributed by atoms with Crippen molar-refractivity contribution in [3.63, 3.8) is 0 Å². The fourth-order valence-corrected chi connectivity index (χ4v) is 3.79. The SMILES string of the molecule is Cc1ccnc([S@](=O)C[C@H]2CCCCN2C(=O)OC(C)(C)C)n1. The average Bonchev–Trinajstić information content (AvgIpc) is 2.46. The fraction of sp³-hybridized carbons (Fsp3) is 0.688. The van der Waals surface area contributed by atoms with Gasteiger partial charge in [0.25, 0.3) is 0 Å². The lowest BCUT2D eigenvalue weighted by Crippen LogP contribution is -2.48. The Balaban J connectivity index is 2.06. The zero-order valence-electron chi connectivity index (χ0n) is 14.2. The highest BCUT2D eigenvalue weighted by atomic mass is 32.2. The van der Waals surface area contributed by atoms with E-state index in [4.69, 9.17) is 4.74 Å². The maximum Gasteiger partial charge on any atom is 0.410 e. The maximum absolute atomic E-state index is 12.5. The van der Waals surface area contributed by atoms with Crippen LogP contribution in [0.1, 0.15) is 45.7 Å². The van der Waals surface area contributed by atoms with Crippen LogP contribution in [0, 0.1) is 6.92 Å². The second kappa shape index (κ2) is 7.38. The molecule has 1 fully saturated rings. The van der Waals surface area contributed by atoms with Gasteiger partial charge in [-0.1, -0.05) is 0 Å². The number of carbonyl (C=O) groups excluding carboxylic acids is 1. The summed E-state index contributed by atoms with van der Waals surface area (Å²) in [5, 5.41) is 0.333. The first-order valence-electron chi connectivity index (χ1n) is 7.94. The summed E-state index contributed by atoms with van der Waals surface area (Å²) in [7, 11) is -1.32. The van der Waals surface area contributed by atoms with E-state index in [0.29, 0.717) is 17.5 Å². The van der Waals surface area contributed by atoms with Crippen LogP contribution in [0.15, 0.2) is 17.4 Å². The zero-order valence-corrected chi connectivity index (χ0v) is 15.1. The molecular weight excluding hydrogens is 314 g/mol. The molecule has 2 heterocycles. The van der Waals surface area contributed by atoms with Crippen molar-refractivity contribution in [1.82, 2.24) is 14.9 Å². The molecule has 1 aliphatic rings. The quantitative estimate of drug-likeness (QED) is 0.792. The van der Waals surface area contributed by atoms with Crippen LogP contribution in [0.2, 0.25) is 0 Å². The Labute approximate surface area is 140 Å². The highest BCUT2D eigenvalue weighted by Crippen LogP contribution is 2.22. The third-order valence-corrected chi connectivity index (χ3v) is 4.87. The number of hydrogen-bond donors (Lipinski definition) is 0. The van der Waals surface area contributed by atoms with Gasteiger partial charge in [0.15, 0.2) is 0 Å². The lowest BCUT2D eigenvalue weighted by molar-refractivity contribution is 0.0125. The minimum absolute atomic E-state index is 0.0939. The largest absolute Gasteiger partial charge is 0.444 e. The summed E-state index contributed by atoms with van der Waals surface area (Å²) >= 11 is 0. The van der Waals surface area contributed by atoms with Gasteiger partial charge in [0.2, 0.25) is 5.16 Å². The van der Waals surface area contributed by atoms with Crippen molar-refractivity contribution in [2.24, 2.45) is 0 Å². The van der Waals surface area contributed by atoms with Crippen LogP contribution in [-0.4, -0.2) is 49.1 Å². The Hall–Kier alpha value is -1.50. The molecule has 7 heteroatoms. The maximum atomic E-state index is 12.5. The van der Waals surface area contributed by atoms with Gasteiger partial charge < -0.3 is 9.64 Å². The van der Waals surface area contributed by atoms with Gasteiger partial charge in [-0.05, 0) is 53.0 Å². The standard InChI is InChI=1S/C16H25N3O3S/c1-12-8-9-17-14(18-12)23(21)11-13-7-5-6-10-19(13)15(20)22-16(2,3)4/h8-9,13H,5-7,10-11H2,1-4H3/t13-,23-/m1/s1. The summed E-state index contributed by atoms with van der Waals surface area (Å²) in [5.41, 5.74) is 0.258. The molecule has 0 radical (unpaired) electrons. The van der Waals surface area contributed by atoms with E-state index in [2.05, 4.69) is 9.97 Å². The highest BCUT2D eigenvalue weighted by molar-refractivity contribution is 7.84. The Bertz CT molecular complexity index is 586. The molecule has 6 nitrogen and oxygen atoms in total. The molecule has 128 valence electrons. The number of aromatic nitrogens is 2. The number of likely N-dealkylation sites (tertiary alicyclic amines) is 1. The van der Waals surface area contributed by atoms with Gasteiger partial charge >= 0.3 is 6.09 Å². The molecule has 0 saturated carbocycles. The van der Waals surface area contributed by atoms with E-state index in [0.717, 1.165) is 25.0 Å². The number of amides is 1. The lowest BCUT2D eigenvalue weighted by atomic mass is 10.0. The average molecular weight is 339 g/mol. The van der Waals surface area contributed by atoms with E-state index in [9.17, 15) is 9.00 Å². The van der Waals surface area contributed by atoms with Crippen LogP contribution >= 0.6 is 0 Å². The molecule has 1 aliphatic heterocycles. The topological polar surface area (TPSA) is 72.4 Å². The van der Waals surface area contributed by atoms with Crippen LogP contribution in [-0.2, 0) is 15.5 Å². The van der Waals surface area contributed by atoms with Crippen LogP contribution in [0.25, 0.3) is 0 Å². The number of aryl methyl sites for hydroxylation is 1. The van der Waals surface area contributed by atoms with E-state index >= 15 is 0 Å². The van der Waals surface area contributed by atoms with Crippen molar-refractivity contribution in [1.29, 1.82) is 0 Å². The van der Waals surface area contributed by atoms with E-state index in [-0.39, 0.29) is 12.1 Å². The molecule has 2 rings (SSSR count). The molecule has 0 unspecified atom stereocenters. The van der Waals surface area contributed by atoms with Gasteiger partial charge in [-0.2, -0.15) is 0 Å². The lowest BCUT2D eigenvalue weighted by Gasteiger charge is -2.36. The van der Waals surface area contributed by atoms with Crippen molar-refractivity contribution in [2.45, 2.75) is 63.8 Å². The second-order valence-corrected chi connectivity index (χ2v) is 8.21. The molecule has 0 bridgehead atoms. The van der Waals surface area contributed by atoms with Crippen LogP contribution in [0.3, 0.4) is 0 Å². The molecular formula is C16H25N3O3S. The predicted octanol–water partition coefficient (Wildman–Crippen LogP) is 2.68. The van der Waals surface area contributed by atoms with Crippen molar-refractivity contribution >= 4 is 16.9 Å². The Morgan fingerprint density at radius 3 is 2.83 bits per heavy atom. The third kappa shape index (κ3) is 5.27. The monoisotopic (exact) mass is 339 g/mol. The summed E-state index contributed by atoms with van der Waals surface area (Å²) in [4.78, 5) is 22.4. The Morgan fingerprint density at radius 1 is 1.43 bits per heavy atom. The van der Waals surface area contributed by atoms with Gasteiger partial charge in [0.1, 0.15) is 5.60 Å². The molecule has 23 heavy (non-hydrogen) atoms. The first-order valence-corrected chi connectivity index (χ1v) is 9.26. The van der Waals surface area contributed by atoms with Crippen molar-refractivity contribution < 1.29 is 13.7 Å². The first-order chi connectivity index (χ1) is 10.8. The van der Waals surface area contributed by atoms with Crippen molar-refractivity contribution in [3.05, 3.63) is 18.0 Å². The van der Waals surface area contributed by atoms with E-state index < -0.39 is 16.4 Å². The number of carbonyl (C=O) groups is 1. The zero-order chi connectivity index (χ0) is 17.0. The van der Waals surface area contributed by atoms with Gasteiger partial charge in [0, 0.05) is 24.5 Å². The van der Waals surface area contributed by atoms with Gasteiger partial charge in [-0.3, -0.25) is 4.21 Å². The van der Waals surface area contributed by atoms with Gasteiger partial charge in [-0.15, -0.1) is 0 Å². The molecule has 2 atom stereocenters. The Morgan fingerprint density at radius 2 is 2.17 bits per heavy atom. The summed E-state index contributed by atoms with van der Waals surface area (Å²) in [5.74, 6) is 0.350. The minimum atomic E-state index is -1.32. The second-order valence-electron chi connectivity index (χ2n) is 6.82. The third-order valence-electron chi connectivity index (χ3n) is 3.58. The van der Waals surface area contributed by atoms with Crippen LogP contribution in [0.4, 0.5) is 4.79 Å². The van der Waals surface area contributed by atoms with Crippen molar-refractivity contribution in [2.75, 3.05) is 12.3 Å². The number of ether oxygens (including phenoxy) is 1. The number of nitrogens with zero attached hydrogens (tertiary/aromatic N) is 3. The molecule has 0 N–H and O–H groups in total. The number of hydrogen-bond acceptors (Lipinski definition) is 5. The van der Waals surface area contributed by atoms with Gasteiger partial charge in [-0.25, -0.2) is 14.8 Å². The minimum Gasteiger partial charge on any atom is -0.444 e. The molecule has 0 aromatic carbocycles. The van der Waals surface area contributed by atoms with Crippen LogP contribution in [0.5, 0.6) is 0 Å². The van der Waals surface area contributed by atoms with E-state index in [1.165, 1.54) is 0 Å². The van der Waals surface area contributed by atoms with Gasteiger partial charge in [0.05, 0.1) is 16.6 Å². The molecule has 1 aromatic rings. The molecule has 1 saturated heterocycles. The number of piperidine rings is 1. The highest BCUT2D eigenvalue weighted by Gasteiger charge is 2.32. The normalized spacial score (nSPS) is 20.2. The van der Waals surface area contributed by atoms with Crippen LogP contribution < -0.4 is 0 Å². The predicted molar refractivity (Wildman–Crippen MR) is 88.6 cm³/mol. The summed E-state index contributed by atoms with van der Waals surface area (Å²) in [6.07, 6.45) is 4.09. The number of rotatable bonds is 3. The molecule has 1 aromatic heterocycles. The summed E-state index contributed by atoms with van der Waals surface area (Å²) in [6, 6.07) is 1.68. The Kier molecular flexibility index (Phi) is 5.73. The van der Waals surface area contributed by atoms with E-state index in [1.807, 2.05) is 27.7 Å². The molecule has 0 spiro atoms. The first kappa shape index (κ1) is 17.8. The fourth-order valence-electron chi connectivity index (χ4n) is 2.52. The summed E-state index contributed by atoms with van der Waals surface area (Å²) < 4.78 is 18.0. The summed E-state index contributed by atoms with van der Waals surface area (Å²) in [6.45, 7) is 8.04. The van der Waals surface area contributed by atoms with Crippen molar-refractivity contribution in [3.8, 4) is 0 Å². The van der Waals surface area contributed by atoms with E-state index in [1.54, 1.807) is 17.2 Å².